The van der Waals surface area contributed by atoms with Crippen LogP contribution in [0.4, 0.5) is 0 Å². The molecular formula is C14H21NO. The molecule has 0 aliphatic rings. The number of rotatable bonds is 5. The van der Waals surface area contributed by atoms with Crippen LogP contribution in [0.25, 0.3) is 0 Å². The van der Waals surface area contributed by atoms with Crippen molar-refractivity contribution in [2.45, 2.75) is 27.2 Å². The van der Waals surface area contributed by atoms with Crippen LogP contribution in [0.3, 0.4) is 0 Å². The van der Waals surface area contributed by atoms with Crippen LogP contribution in [0.1, 0.15) is 23.6 Å². The van der Waals surface area contributed by atoms with Gasteiger partial charge in [-0.05, 0) is 56.0 Å². The number of hydrogen-bond donors (Lipinski definition) is 1. The minimum Gasteiger partial charge on any atom is -0.489 e. The molecule has 0 aromatic heterocycles. The lowest BCUT2D eigenvalue weighted by Crippen LogP contribution is -2.05. The van der Waals surface area contributed by atoms with Gasteiger partial charge in [-0.1, -0.05) is 18.7 Å². The molecule has 0 fully saturated rings. The first kappa shape index (κ1) is 12.8. The standard InChI is InChI=1S/C14H21NO/c1-10(2)9-16-14-11(3)7-13(5-6-15)8-12(14)4/h7-8H,1,5-6,9,15H2,2-4H3. The summed E-state index contributed by atoms with van der Waals surface area (Å²) in [4.78, 5) is 0. The van der Waals surface area contributed by atoms with Gasteiger partial charge in [0.25, 0.3) is 0 Å². The Morgan fingerprint density at radius 2 is 1.88 bits per heavy atom. The zero-order chi connectivity index (χ0) is 12.1. The van der Waals surface area contributed by atoms with Gasteiger partial charge in [0.15, 0.2) is 0 Å². The summed E-state index contributed by atoms with van der Waals surface area (Å²) in [5.41, 5.74) is 10.2. The van der Waals surface area contributed by atoms with Crippen LogP contribution in [0.2, 0.25) is 0 Å². The van der Waals surface area contributed by atoms with Gasteiger partial charge in [0.1, 0.15) is 12.4 Å². The smallest absolute Gasteiger partial charge is 0.125 e. The highest BCUT2D eigenvalue weighted by atomic mass is 16.5. The van der Waals surface area contributed by atoms with E-state index in [4.69, 9.17) is 10.5 Å². The molecule has 0 saturated heterocycles. The Balaban J connectivity index is 2.89. The number of benzene rings is 1. The fraction of sp³-hybridized carbons (Fsp3) is 0.429. The zero-order valence-electron chi connectivity index (χ0n) is 10.5. The number of hydrogen-bond acceptors (Lipinski definition) is 2. The lowest BCUT2D eigenvalue weighted by atomic mass is 10.0. The van der Waals surface area contributed by atoms with Gasteiger partial charge < -0.3 is 10.5 Å². The van der Waals surface area contributed by atoms with Gasteiger partial charge in [-0.15, -0.1) is 0 Å². The molecule has 0 amide bonds. The molecule has 88 valence electrons. The van der Waals surface area contributed by atoms with Crippen LogP contribution in [-0.4, -0.2) is 13.2 Å². The molecule has 0 atom stereocenters. The number of nitrogens with two attached hydrogens (primary N) is 1. The van der Waals surface area contributed by atoms with E-state index in [0.29, 0.717) is 13.2 Å². The van der Waals surface area contributed by atoms with E-state index < -0.39 is 0 Å². The maximum atomic E-state index is 5.73. The van der Waals surface area contributed by atoms with Crippen molar-refractivity contribution in [3.05, 3.63) is 41.0 Å². The average molecular weight is 219 g/mol. The van der Waals surface area contributed by atoms with Crippen molar-refractivity contribution in [1.82, 2.24) is 0 Å². The Morgan fingerprint density at radius 3 is 2.31 bits per heavy atom. The molecule has 0 bridgehead atoms. The van der Waals surface area contributed by atoms with Crippen LogP contribution in [0, 0.1) is 13.8 Å². The summed E-state index contributed by atoms with van der Waals surface area (Å²) in [6.45, 7) is 11.2. The van der Waals surface area contributed by atoms with Crippen molar-refractivity contribution in [1.29, 1.82) is 0 Å². The van der Waals surface area contributed by atoms with Gasteiger partial charge in [0.2, 0.25) is 0 Å². The van der Waals surface area contributed by atoms with Gasteiger partial charge in [-0.25, -0.2) is 0 Å². The van der Waals surface area contributed by atoms with E-state index in [0.717, 1.165) is 17.7 Å². The van der Waals surface area contributed by atoms with Crippen molar-refractivity contribution in [3.63, 3.8) is 0 Å². The molecule has 0 saturated carbocycles. The largest absolute Gasteiger partial charge is 0.489 e. The van der Waals surface area contributed by atoms with Crippen LogP contribution >= 0.6 is 0 Å². The molecule has 0 spiro atoms. The Hall–Kier alpha value is -1.28. The number of ether oxygens (including phenoxy) is 1. The summed E-state index contributed by atoms with van der Waals surface area (Å²) in [5.74, 6) is 0.976. The molecule has 16 heavy (non-hydrogen) atoms. The summed E-state index contributed by atoms with van der Waals surface area (Å²) < 4.78 is 5.73. The van der Waals surface area contributed by atoms with E-state index >= 15 is 0 Å². The van der Waals surface area contributed by atoms with E-state index in [1.807, 2.05) is 6.92 Å². The van der Waals surface area contributed by atoms with E-state index in [1.54, 1.807) is 0 Å². The Labute approximate surface area is 98.1 Å². The minimum absolute atomic E-state index is 0.581. The monoisotopic (exact) mass is 219 g/mol. The van der Waals surface area contributed by atoms with E-state index in [9.17, 15) is 0 Å². The summed E-state index contributed by atoms with van der Waals surface area (Å²) in [5, 5.41) is 0. The first-order chi connectivity index (χ1) is 7.54. The highest BCUT2D eigenvalue weighted by Crippen LogP contribution is 2.25. The van der Waals surface area contributed by atoms with Gasteiger partial charge in [0.05, 0.1) is 0 Å². The normalized spacial score (nSPS) is 10.2. The van der Waals surface area contributed by atoms with Crippen molar-refractivity contribution < 1.29 is 4.74 Å². The average Bonchev–Trinajstić information content (AvgIpc) is 2.16. The highest BCUT2D eigenvalue weighted by molar-refractivity contribution is 5.43. The second kappa shape index (κ2) is 5.71. The van der Waals surface area contributed by atoms with E-state index in [-0.39, 0.29) is 0 Å². The van der Waals surface area contributed by atoms with Gasteiger partial charge in [-0.3, -0.25) is 0 Å². The van der Waals surface area contributed by atoms with Crippen molar-refractivity contribution in [2.24, 2.45) is 5.73 Å². The van der Waals surface area contributed by atoms with Gasteiger partial charge in [0, 0.05) is 0 Å². The predicted molar refractivity (Wildman–Crippen MR) is 69.0 cm³/mol. The third kappa shape index (κ3) is 3.38. The molecule has 2 N–H and O–H groups in total. The second-order valence-corrected chi connectivity index (χ2v) is 4.34. The lowest BCUT2D eigenvalue weighted by Gasteiger charge is -2.13. The molecule has 1 aromatic rings. The molecule has 1 aromatic carbocycles. The van der Waals surface area contributed by atoms with Crippen LogP contribution < -0.4 is 10.5 Å². The topological polar surface area (TPSA) is 35.2 Å². The molecular weight excluding hydrogens is 198 g/mol. The molecule has 0 unspecified atom stereocenters. The molecule has 0 radical (unpaired) electrons. The molecule has 1 rings (SSSR count). The molecule has 0 aliphatic heterocycles. The van der Waals surface area contributed by atoms with Gasteiger partial charge in [-0.2, -0.15) is 0 Å². The Bertz CT molecular complexity index is 359. The first-order valence-corrected chi connectivity index (χ1v) is 5.62. The third-order valence-corrected chi connectivity index (χ3v) is 2.42. The molecule has 0 heterocycles. The lowest BCUT2D eigenvalue weighted by molar-refractivity contribution is 0.347. The summed E-state index contributed by atoms with van der Waals surface area (Å²) >= 11 is 0. The maximum Gasteiger partial charge on any atom is 0.125 e. The number of aryl methyl sites for hydroxylation is 2. The van der Waals surface area contributed by atoms with Crippen LogP contribution in [-0.2, 0) is 6.42 Å². The van der Waals surface area contributed by atoms with Crippen LogP contribution in [0.5, 0.6) is 5.75 Å². The summed E-state index contributed by atoms with van der Waals surface area (Å²) in [6.07, 6.45) is 0.919. The second-order valence-electron chi connectivity index (χ2n) is 4.34. The fourth-order valence-corrected chi connectivity index (χ4v) is 1.77. The van der Waals surface area contributed by atoms with Crippen molar-refractivity contribution >= 4 is 0 Å². The van der Waals surface area contributed by atoms with Crippen LogP contribution in [0.15, 0.2) is 24.3 Å². The fourth-order valence-electron chi connectivity index (χ4n) is 1.77. The highest BCUT2D eigenvalue weighted by Gasteiger charge is 2.06. The zero-order valence-corrected chi connectivity index (χ0v) is 10.5. The van der Waals surface area contributed by atoms with Crippen molar-refractivity contribution in [2.75, 3.05) is 13.2 Å². The Kier molecular flexibility index (Phi) is 4.56. The molecule has 2 nitrogen and oxygen atoms in total. The SMILES string of the molecule is C=C(C)COc1c(C)cc(CCN)cc1C. The molecule has 0 aliphatic carbocycles. The van der Waals surface area contributed by atoms with E-state index in [2.05, 4.69) is 32.6 Å². The van der Waals surface area contributed by atoms with Crippen molar-refractivity contribution in [3.8, 4) is 5.75 Å². The Morgan fingerprint density at radius 1 is 1.31 bits per heavy atom. The predicted octanol–water partition coefficient (Wildman–Crippen LogP) is 2.76. The quantitative estimate of drug-likeness (QED) is 0.773. The van der Waals surface area contributed by atoms with E-state index in [1.165, 1.54) is 16.7 Å². The third-order valence-electron chi connectivity index (χ3n) is 2.42. The summed E-state index contributed by atoms with van der Waals surface area (Å²) in [7, 11) is 0. The first-order valence-electron chi connectivity index (χ1n) is 5.62. The molecule has 2 heteroatoms. The minimum atomic E-state index is 0.581. The maximum absolute atomic E-state index is 5.73. The van der Waals surface area contributed by atoms with Gasteiger partial charge >= 0.3 is 0 Å². The summed E-state index contributed by atoms with van der Waals surface area (Å²) in [6, 6.07) is 4.29.